The minimum atomic E-state index is -1.71. The Morgan fingerprint density at radius 3 is 1.52 bits per heavy atom. The van der Waals surface area contributed by atoms with Crippen molar-refractivity contribution in [1.29, 1.82) is 0 Å². The number of likely N-dealkylation sites (tertiary alicyclic amines) is 1. The Labute approximate surface area is 501 Å². The first-order chi connectivity index (χ1) is 38.9. The summed E-state index contributed by atoms with van der Waals surface area (Å²) in [5, 5.41) is 44.7. The molecule has 8 atom stereocenters. The Morgan fingerprint density at radius 1 is 0.651 bits per heavy atom. The molecule has 4 rings (SSSR count). The summed E-state index contributed by atoms with van der Waals surface area (Å²) in [6.45, 7) is 19.0. The number of hydrogen-bond acceptors (Lipinski definition) is 13. The number of aliphatic hydroxyl groups is 3. The lowest BCUT2D eigenvalue weighted by atomic mass is 9.83. The highest BCUT2D eigenvalue weighted by Gasteiger charge is 2.48. The van der Waals surface area contributed by atoms with Crippen LogP contribution in [-0.2, 0) is 43.1 Å². The molecule has 9 N–H and O–H groups in total. The van der Waals surface area contributed by atoms with E-state index < -0.39 is 90.0 Å². The van der Waals surface area contributed by atoms with E-state index in [0.29, 0.717) is 29.9 Å². The number of aliphatic hydroxyl groups excluding tert-OH is 3. The van der Waals surface area contributed by atoms with Gasteiger partial charge in [0.15, 0.2) is 6.10 Å². The molecule has 2 aromatic carbocycles. The molecule has 478 valence electrons. The Kier molecular flexibility index (Phi) is 31.6. The Hall–Kier alpha value is -6.65. The number of carbonyl (C=O) groups is 9. The summed E-state index contributed by atoms with van der Waals surface area (Å²) in [4.78, 5) is 121. The fraction of sp³-hybridized carbons (Fsp3) is 0.656. The second-order valence-corrected chi connectivity index (χ2v) is 24.1. The molecule has 0 radical (unpaired) electrons. The number of carbonyl (C=O) groups excluding carboxylic acids is 9. The van der Waals surface area contributed by atoms with Crippen LogP contribution in [0.25, 0.3) is 0 Å². The molecular weight excluding hydrogens is 1070 g/mol. The number of likely N-dealkylation sites (N-methyl/N-ethyl adjacent to an activating group) is 2. The molecule has 83 heavy (non-hydrogen) atoms. The summed E-state index contributed by atoms with van der Waals surface area (Å²) < 4.78 is 5.38. The number of hydrogen-bond donors (Lipinski definition) is 9. The predicted octanol–water partition coefficient (Wildman–Crippen LogP) is 5.46. The van der Waals surface area contributed by atoms with Crippen LogP contribution >= 0.6 is 0 Å². The summed E-state index contributed by atoms with van der Waals surface area (Å²) in [6.07, 6.45) is 2.19. The Balaban J connectivity index is -0.000000556. The van der Waals surface area contributed by atoms with E-state index in [9.17, 15) is 53.4 Å². The third kappa shape index (κ3) is 25.4. The molecule has 22 nitrogen and oxygen atoms in total. The summed E-state index contributed by atoms with van der Waals surface area (Å²) in [5.74, 6) is -3.97. The van der Waals surface area contributed by atoms with Crippen LogP contribution in [0.4, 0.5) is 4.79 Å². The van der Waals surface area contributed by atoms with E-state index in [1.54, 1.807) is 96.6 Å². The zero-order valence-corrected chi connectivity index (χ0v) is 51.7. The summed E-state index contributed by atoms with van der Waals surface area (Å²) in [5.41, 5.74) is 0.802. The fourth-order valence-corrected chi connectivity index (χ4v) is 9.89. The van der Waals surface area contributed by atoms with E-state index in [2.05, 4.69) is 31.9 Å². The van der Waals surface area contributed by atoms with E-state index >= 15 is 0 Å². The van der Waals surface area contributed by atoms with Crippen molar-refractivity contribution in [3.05, 3.63) is 71.8 Å². The molecule has 2 aromatic rings. The number of amides is 9. The summed E-state index contributed by atoms with van der Waals surface area (Å²) in [7, 11) is 6.37. The highest BCUT2D eigenvalue weighted by molar-refractivity contribution is 5.94. The zero-order chi connectivity index (χ0) is 62.7. The fourth-order valence-electron chi connectivity index (χ4n) is 9.89. The van der Waals surface area contributed by atoms with Crippen molar-refractivity contribution < 1.29 is 71.8 Å². The van der Waals surface area contributed by atoms with E-state index in [4.69, 9.17) is 9.84 Å². The quantitative estimate of drug-likeness (QED) is 0.0597. The van der Waals surface area contributed by atoms with Crippen LogP contribution in [0.1, 0.15) is 152 Å². The molecular formula is C61H111N9O13. The molecule has 0 spiro atoms. The average molecular weight is 1180 g/mol. The molecule has 2 fully saturated rings. The van der Waals surface area contributed by atoms with Gasteiger partial charge in [0.1, 0.15) is 30.3 Å². The van der Waals surface area contributed by atoms with Gasteiger partial charge in [-0.3, -0.25) is 38.4 Å². The maximum atomic E-state index is 14.3. The van der Waals surface area contributed by atoms with Crippen molar-refractivity contribution in [3.63, 3.8) is 0 Å². The van der Waals surface area contributed by atoms with Crippen molar-refractivity contribution in [1.82, 2.24) is 46.6 Å². The van der Waals surface area contributed by atoms with Crippen LogP contribution in [0.2, 0.25) is 0 Å². The lowest BCUT2D eigenvalue weighted by Gasteiger charge is -2.35. The number of nitrogens with one attached hydrogen (secondary N) is 6. The van der Waals surface area contributed by atoms with Gasteiger partial charge in [-0.2, -0.15) is 0 Å². The van der Waals surface area contributed by atoms with Gasteiger partial charge in [-0.1, -0.05) is 142 Å². The molecule has 1 saturated carbocycles. The average Bonchev–Trinajstić information content (AvgIpc) is 3.69. The van der Waals surface area contributed by atoms with Crippen molar-refractivity contribution in [2.75, 3.05) is 61.0 Å². The summed E-state index contributed by atoms with van der Waals surface area (Å²) >= 11 is 0. The first-order valence-corrected chi connectivity index (χ1v) is 29.1. The molecule has 1 aliphatic heterocycles. The smallest absolute Gasteiger partial charge is 0.407 e. The van der Waals surface area contributed by atoms with Crippen molar-refractivity contribution in [2.45, 2.75) is 163 Å². The lowest BCUT2D eigenvalue weighted by Crippen LogP contribution is -2.59. The predicted molar refractivity (Wildman–Crippen MR) is 329 cm³/mol. The van der Waals surface area contributed by atoms with Crippen molar-refractivity contribution in [3.8, 4) is 0 Å². The highest BCUT2D eigenvalue weighted by Crippen LogP contribution is 2.37. The number of nitrogens with zero attached hydrogens (tertiary/aromatic N) is 3. The van der Waals surface area contributed by atoms with Crippen LogP contribution in [0.3, 0.4) is 0 Å². The van der Waals surface area contributed by atoms with Crippen LogP contribution in [0.15, 0.2) is 60.7 Å². The third-order valence-corrected chi connectivity index (χ3v) is 14.0. The second-order valence-electron chi connectivity index (χ2n) is 24.1. The molecule has 2 unspecified atom stereocenters. The van der Waals surface area contributed by atoms with E-state index in [-0.39, 0.29) is 82.7 Å². The SMILES string of the molecule is CC(C)COC(=O)N[C@H](C(=O)N1CC(C)(C)C[C@H]1C(=O)N[C@@H](CC(C)C)C(O)C(=O)NCC(=O)N[C@H](C(=O)N(C)C)c1ccccc1)C1CCCCC1.CC(C)C[C@H](C)C(O)C(=O)NCC(=O)N[C@H](C(=O)N(C)C)c1ccccc1.CCO.[HH].[HH].[HH].[HH].[HH].[HH]. The van der Waals surface area contributed by atoms with E-state index in [1.807, 2.05) is 61.5 Å². The van der Waals surface area contributed by atoms with Gasteiger partial charge in [0.2, 0.25) is 41.4 Å². The van der Waals surface area contributed by atoms with Gasteiger partial charge in [-0.15, -0.1) is 0 Å². The van der Waals surface area contributed by atoms with Gasteiger partial charge in [0.25, 0.3) is 5.91 Å². The van der Waals surface area contributed by atoms with Crippen LogP contribution < -0.4 is 31.9 Å². The first-order valence-electron chi connectivity index (χ1n) is 29.1. The number of rotatable bonds is 25. The normalized spacial score (nSPS) is 17.3. The van der Waals surface area contributed by atoms with E-state index in [0.717, 1.165) is 32.1 Å². The molecule has 0 bridgehead atoms. The maximum absolute atomic E-state index is 14.3. The van der Waals surface area contributed by atoms with Gasteiger partial charge < -0.3 is 66.7 Å². The largest absolute Gasteiger partial charge is 0.449 e. The second kappa shape index (κ2) is 36.1. The van der Waals surface area contributed by atoms with Crippen molar-refractivity contribution in [2.24, 2.45) is 35.0 Å². The Morgan fingerprint density at radius 2 is 1.10 bits per heavy atom. The summed E-state index contributed by atoms with van der Waals surface area (Å²) in [6, 6.07) is 13.0. The highest BCUT2D eigenvalue weighted by atomic mass is 16.5. The van der Waals surface area contributed by atoms with Gasteiger partial charge >= 0.3 is 6.09 Å². The molecule has 1 heterocycles. The van der Waals surface area contributed by atoms with Gasteiger partial charge in [0, 0.05) is 49.9 Å². The topological polar surface area (TPSA) is 305 Å². The molecule has 0 aromatic heterocycles. The first kappa shape index (κ1) is 72.5. The molecule has 2 aliphatic rings. The van der Waals surface area contributed by atoms with Gasteiger partial charge in [-0.25, -0.2) is 4.79 Å². The third-order valence-electron chi connectivity index (χ3n) is 14.0. The molecule has 1 aliphatic carbocycles. The number of benzene rings is 2. The van der Waals surface area contributed by atoms with Gasteiger partial charge in [-0.05, 0) is 85.2 Å². The van der Waals surface area contributed by atoms with Crippen molar-refractivity contribution >= 4 is 53.4 Å². The van der Waals surface area contributed by atoms with E-state index in [1.165, 1.54) is 14.7 Å². The number of alkyl carbamates (subject to hydrolysis) is 1. The molecule has 1 saturated heterocycles. The lowest BCUT2D eigenvalue weighted by molar-refractivity contribution is -0.142. The minimum absolute atomic E-state index is 0. The van der Waals surface area contributed by atoms with Crippen LogP contribution in [-0.4, -0.2) is 175 Å². The van der Waals surface area contributed by atoms with Crippen LogP contribution in [0, 0.1) is 35.0 Å². The van der Waals surface area contributed by atoms with Crippen LogP contribution in [0.5, 0.6) is 0 Å². The molecule has 22 heteroatoms. The maximum Gasteiger partial charge on any atom is 0.407 e. The standard InChI is InChI=1S/C39H62N6O8.C20H31N3O4.C2H6O.6H2/c1-24(2)19-28(33(47)35(49)40-21-30(46)42-31(36(50)44(7)8)26-15-11-9-12-16-26)41-34(48)29-20-39(5,6)23-45(29)37(51)32(27-17-13-10-14-18-27)43-38(52)53-22-25(3)4;1-13(2)11-14(3)18(25)19(26)21-12-16(24)22-17(20(27)23(4)5)15-9-7-6-8-10-15;1-2-3;;;;;;/h9,11-12,15-16,24-25,27-29,31-33,47H,10,13-14,17-23H2,1-8H3,(H,40,49)(H,41,48)(H,42,46)(H,43,52);6-10,13-14,17-18,25H,11-12H2,1-5H3,(H,21,26)(H,22,24);3H,2H2,1H3;6*1H/t28-,29-,31-,32-,33?;14-,17-,18?;;;;;;;/m00......./s1. The number of ether oxygens (including phenoxy) is 1. The molecule has 9 amide bonds. The Bertz CT molecular complexity index is 2400. The zero-order valence-electron chi connectivity index (χ0n) is 51.7. The minimum Gasteiger partial charge on any atom is -0.449 e. The van der Waals surface area contributed by atoms with Gasteiger partial charge in [0.05, 0.1) is 25.7 Å². The monoisotopic (exact) mass is 1180 g/mol.